The zero-order valence-corrected chi connectivity index (χ0v) is 10.1. The Labute approximate surface area is 102 Å². The van der Waals surface area contributed by atoms with E-state index in [4.69, 9.17) is 16.1 Å². The van der Waals surface area contributed by atoms with Gasteiger partial charge in [-0.25, -0.2) is 0 Å². The number of thiophene rings is 1. The molecule has 2 aromatic rings. The Morgan fingerprint density at radius 3 is 2.88 bits per heavy atom. The minimum Gasteiger partial charge on any atom is -0.338 e. The maximum atomic E-state index is 6.01. The molecular formula is C10H10ClN3OS. The Bertz CT molecular complexity index is 490. The molecular weight excluding hydrogens is 246 g/mol. The molecule has 0 N–H and O–H groups in total. The van der Waals surface area contributed by atoms with Crippen molar-refractivity contribution >= 4 is 28.9 Å². The molecule has 0 bridgehead atoms. The molecule has 3 heterocycles. The first-order valence-electron chi connectivity index (χ1n) is 5.16. The maximum absolute atomic E-state index is 6.01. The van der Waals surface area contributed by atoms with E-state index in [1.54, 1.807) is 0 Å². The summed E-state index contributed by atoms with van der Waals surface area (Å²) in [5.41, 5.74) is 0. The molecule has 0 radical (unpaired) electrons. The summed E-state index contributed by atoms with van der Waals surface area (Å²) in [5, 5.41) is 6.57. The Morgan fingerprint density at radius 2 is 2.19 bits per heavy atom. The molecule has 6 heteroatoms. The third kappa shape index (κ3) is 1.70. The first-order valence-corrected chi connectivity index (χ1v) is 6.42. The van der Waals surface area contributed by atoms with E-state index in [1.807, 2.05) is 11.4 Å². The number of anilines is 1. The largest absolute Gasteiger partial charge is 0.338 e. The van der Waals surface area contributed by atoms with E-state index in [9.17, 15) is 0 Å². The SMILES string of the molecule is Clc1ccsc1-c1nc(N2CCCC2)no1. The predicted octanol–water partition coefficient (Wildman–Crippen LogP) is 3.05. The standard InChI is InChI=1S/C10H10ClN3OS/c11-7-3-6-16-8(7)9-12-10(13-15-9)14-4-1-2-5-14/h3,6H,1-2,4-5H2. The van der Waals surface area contributed by atoms with Gasteiger partial charge in [0, 0.05) is 13.1 Å². The van der Waals surface area contributed by atoms with E-state index in [0.717, 1.165) is 18.0 Å². The Kier molecular flexibility index (Phi) is 2.57. The summed E-state index contributed by atoms with van der Waals surface area (Å²) in [6, 6.07) is 1.83. The van der Waals surface area contributed by atoms with Gasteiger partial charge in [0.1, 0.15) is 4.88 Å². The molecule has 0 spiro atoms. The second kappa shape index (κ2) is 4.07. The maximum Gasteiger partial charge on any atom is 0.271 e. The molecule has 1 aliphatic heterocycles. The number of rotatable bonds is 2. The van der Waals surface area contributed by atoms with Crippen molar-refractivity contribution in [3.8, 4) is 10.8 Å². The molecule has 3 rings (SSSR count). The van der Waals surface area contributed by atoms with E-state index in [-0.39, 0.29) is 0 Å². The second-order valence-electron chi connectivity index (χ2n) is 3.69. The van der Waals surface area contributed by atoms with Crippen LogP contribution in [0.2, 0.25) is 5.02 Å². The highest BCUT2D eigenvalue weighted by Gasteiger charge is 2.20. The summed E-state index contributed by atoms with van der Waals surface area (Å²) in [6.07, 6.45) is 2.40. The lowest BCUT2D eigenvalue weighted by Gasteiger charge is -2.09. The average molecular weight is 256 g/mol. The van der Waals surface area contributed by atoms with Gasteiger partial charge in [0.05, 0.1) is 5.02 Å². The van der Waals surface area contributed by atoms with E-state index < -0.39 is 0 Å². The lowest BCUT2D eigenvalue weighted by Crippen LogP contribution is -2.18. The van der Waals surface area contributed by atoms with Crippen molar-refractivity contribution in [2.75, 3.05) is 18.0 Å². The van der Waals surface area contributed by atoms with Crippen LogP contribution in [-0.2, 0) is 0 Å². The third-order valence-corrected chi connectivity index (χ3v) is 3.95. The number of hydrogen-bond acceptors (Lipinski definition) is 5. The van der Waals surface area contributed by atoms with Gasteiger partial charge in [-0.3, -0.25) is 0 Å². The Morgan fingerprint density at radius 1 is 1.38 bits per heavy atom. The number of aromatic nitrogens is 2. The van der Waals surface area contributed by atoms with Crippen LogP contribution in [0, 0.1) is 0 Å². The van der Waals surface area contributed by atoms with Crippen LogP contribution in [0.5, 0.6) is 0 Å². The lowest BCUT2D eigenvalue weighted by atomic mass is 10.4. The van der Waals surface area contributed by atoms with Crippen molar-refractivity contribution in [2.24, 2.45) is 0 Å². The summed E-state index contributed by atoms with van der Waals surface area (Å²) >= 11 is 7.52. The highest BCUT2D eigenvalue weighted by molar-refractivity contribution is 7.14. The molecule has 0 atom stereocenters. The van der Waals surface area contributed by atoms with Crippen LogP contribution in [-0.4, -0.2) is 23.2 Å². The molecule has 0 unspecified atom stereocenters. The van der Waals surface area contributed by atoms with Crippen molar-refractivity contribution < 1.29 is 4.52 Å². The zero-order valence-electron chi connectivity index (χ0n) is 8.52. The number of hydrogen-bond donors (Lipinski definition) is 0. The highest BCUT2D eigenvalue weighted by Crippen LogP contribution is 2.33. The monoisotopic (exact) mass is 255 g/mol. The van der Waals surface area contributed by atoms with E-state index in [1.165, 1.54) is 24.2 Å². The van der Waals surface area contributed by atoms with Crippen LogP contribution in [0.1, 0.15) is 12.8 Å². The molecule has 0 amide bonds. The van der Waals surface area contributed by atoms with Crippen LogP contribution in [0.3, 0.4) is 0 Å². The fourth-order valence-corrected chi connectivity index (χ4v) is 2.86. The normalized spacial score (nSPS) is 15.9. The average Bonchev–Trinajstić information content (AvgIpc) is 2.96. The minimum atomic E-state index is 0.516. The van der Waals surface area contributed by atoms with Crippen molar-refractivity contribution in [3.63, 3.8) is 0 Å². The quantitative estimate of drug-likeness (QED) is 0.827. The van der Waals surface area contributed by atoms with Gasteiger partial charge in [-0.2, -0.15) is 4.98 Å². The van der Waals surface area contributed by atoms with Gasteiger partial charge in [0.2, 0.25) is 0 Å². The van der Waals surface area contributed by atoms with Gasteiger partial charge < -0.3 is 9.42 Å². The van der Waals surface area contributed by atoms with Crippen molar-refractivity contribution in [2.45, 2.75) is 12.8 Å². The summed E-state index contributed by atoms with van der Waals surface area (Å²) in [4.78, 5) is 7.35. The lowest BCUT2D eigenvalue weighted by molar-refractivity contribution is 0.431. The predicted molar refractivity (Wildman–Crippen MR) is 64.1 cm³/mol. The van der Waals surface area contributed by atoms with Crippen LogP contribution in [0.15, 0.2) is 16.0 Å². The molecule has 84 valence electrons. The smallest absolute Gasteiger partial charge is 0.271 e. The van der Waals surface area contributed by atoms with Crippen molar-refractivity contribution in [1.29, 1.82) is 0 Å². The zero-order chi connectivity index (χ0) is 11.0. The van der Waals surface area contributed by atoms with Crippen LogP contribution >= 0.6 is 22.9 Å². The second-order valence-corrected chi connectivity index (χ2v) is 5.01. The van der Waals surface area contributed by atoms with E-state index in [0.29, 0.717) is 16.9 Å². The molecule has 1 saturated heterocycles. The molecule has 0 saturated carbocycles. The molecule has 16 heavy (non-hydrogen) atoms. The van der Waals surface area contributed by atoms with Gasteiger partial charge >= 0.3 is 0 Å². The van der Waals surface area contributed by atoms with Gasteiger partial charge in [-0.1, -0.05) is 11.6 Å². The van der Waals surface area contributed by atoms with Gasteiger partial charge in [-0.05, 0) is 29.4 Å². The Balaban J connectivity index is 1.90. The van der Waals surface area contributed by atoms with E-state index in [2.05, 4.69) is 15.0 Å². The van der Waals surface area contributed by atoms with Crippen LogP contribution in [0.4, 0.5) is 5.95 Å². The van der Waals surface area contributed by atoms with Crippen LogP contribution in [0.25, 0.3) is 10.8 Å². The summed E-state index contributed by atoms with van der Waals surface area (Å²) < 4.78 is 5.23. The molecule has 0 aromatic carbocycles. The Hall–Kier alpha value is -1.07. The summed E-state index contributed by atoms with van der Waals surface area (Å²) in [7, 11) is 0. The molecule has 0 aliphatic carbocycles. The third-order valence-electron chi connectivity index (χ3n) is 2.62. The highest BCUT2D eigenvalue weighted by atomic mass is 35.5. The molecule has 4 nitrogen and oxygen atoms in total. The number of nitrogens with zero attached hydrogens (tertiary/aromatic N) is 3. The topological polar surface area (TPSA) is 42.2 Å². The first-order chi connectivity index (χ1) is 7.84. The molecule has 1 aliphatic rings. The van der Waals surface area contributed by atoms with Crippen molar-refractivity contribution in [1.82, 2.24) is 10.1 Å². The number of halogens is 1. The van der Waals surface area contributed by atoms with Crippen molar-refractivity contribution in [3.05, 3.63) is 16.5 Å². The minimum absolute atomic E-state index is 0.516. The summed E-state index contributed by atoms with van der Waals surface area (Å²) in [6.45, 7) is 2.02. The first kappa shape index (κ1) is 10.1. The van der Waals surface area contributed by atoms with E-state index >= 15 is 0 Å². The van der Waals surface area contributed by atoms with Gasteiger partial charge in [-0.15, -0.1) is 11.3 Å². The molecule has 1 fully saturated rings. The van der Waals surface area contributed by atoms with Crippen LogP contribution < -0.4 is 4.90 Å². The fourth-order valence-electron chi connectivity index (χ4n) is 1.80. The fraction of sp³-hybridized carbons (Fsp3) is 0.400. The van der Waals surface area contributed by atoms with Gasteiger partial charge in [0.25, 0.3) is 11.8 Å². The van der Waals surface area contributed by atoms with Gasteiger partial charge in [0.15, 0.2) is 0 Å². The molecule has 2 aromatic heterocycles. The summed E-state index contributed by atoms with van der Waals surface area (Å²) in [5.74, 6) is 1.19.